The number of rotatable bonds is 4. The lowest BCUT2D eigenvalue weighted by molar-refractivity contribution is -0.126. The Balaban J connectivity index is 0.00000208. The van der Waals surface area contributed by atoms with E-state index in [0.717, 1.165) is 24.8 Å². The van der Waals surface area contributed by atoms with Crippen LogP contribution >= 0.6 is 12.4 Å². The van der Waals surface area contributed by atoms with Crippen LogP contribution in [0.3, 0.4) is 0 Å². The second kappa shape index (κ2) is 8.32. The highest BCUT2D eigenvalue weighted by Gasteiger charge is 2.26. The predicted octanol–water partition coefficient (Wildman–Crippen LogP) is 3.94. The summed E-state index contributed by atoms with van der Waals surface area (Å²) in [5.41, 5.74) is 9.89. The molecule has 3 atom stereocenters. The molecule has 0 bridgehead atoms. The standard InChI is InChI=1S/C20H24N2O.ClH/c1-14(19(21)16-9-3-2-4-10-16)20(23)22-18-13-7-11-15-8-5-6-12-17(15)18;/h2-6,8-10,12,14,18-19H,7,11,13,21H2,1H3,(H,22,23);1H. The van der Waals surface area contributed by atoms with Crippen molar-refractivity contribution < 1.29 is 4.79 Å². The van der Waals surface area contributed by atoms with Gasteiger partial charge in [-0.3, -0.25) is 4.79 Å². The van der Waals surface area contributed by atoms with Gasteiger partial charge in [0.25, 0.3) is 0 Å². The summed E-state index contributed by atoms with van der Waals surface area (Å²) >= 11 is 0. The smallest absolute Gasteiger partial charge is 0.225 e. The lowest BCUT2D eigenvalue weighted by Gasteiger charge is -2.28. The van der Waals surface area contributed by atoms with Crippen LogP contribution in [0.1, 0.15) is 48.5 Å². The van der Waals surface area contributed by atoms with Crippen molar-refractivity contribution in [2.75, 3.05) is 0 Å². The molecule has 0 radical (unpaired) electrons. The fourth-order valence-electron chi connectivity index (χ4n) is 3.33. The van der Waals surface area contributed by atoms with Gasteiger partial charge in [0.05, 0.1) is 12.0 Å². The van der Waals surface area contributed by atoms with Gasteiger partial charge in [0.2, 0.25) is 5.91 Å². The fraction of sp³-hybridized carbons (Fsp3) is 0.350. The number of halogens is 1. The van der Waals surface area contributed by atoms with E-state index in [2.05, 4.69) is 23.5 Å². The molecule has 4 heteroatoms. The highest BCUT2D eigenvalue weighted by Crippen LogP contribution is 2.30. The number of nitrogens with one attached hydrogen (secondary N) is 1. The minimum Gasteiger partial charge on any atom is -0.349 e. The van der Waals surface area contributed by atoms with Crippen molar-refractivity contribution in [1.82, 2.24) is 5.32 Å². The number of hydrogen-bond donors (Lipinski definition) is 2. The van der Waals surface area contributed by atoms with E-state index in [1.807, 2.05) is 43.3 Å². The number of carbonyl (C=O) groups is 1. The largest absolute Gasteiger partial charge is 0.349 e. The van der Waals surface area contributed by atoms with Crippen molar-refractivity contribution >= 4 is 18.3 Å². The van der Waals surface area contributed by atoms with Crippen LogP contribution in [-0.4, -0.2) is 5.91 Å². The average Bonchev–Trinajstić information content (AvgIpc) is 2.61. The van der Waals surface area contributed by atoms with Gasteiger partial charge in [-0.2, -0.15) is 0 Å². The molecule has 2 aromatic rings. The zero-order valence-corrected chi connectivity index (χ0v) is 14.8. The van der Waals surface area contributed by atoms with Gasteiger partial charge >= 0.3 is 0 Å². The molecule has 3 unspecified atom stereocenters. The van der Waals surface area contributed by atoms with Crippen LogP contribution < -0.4 is 11.1 Å². The lowest BCUT2D eigenvalue weighted by Crippen LogP contribution is -2.38. The molecule has 24 heavy (non-hydrogen) atoms. The van der Waals surface area contributed by atoms with E-state index in [0.29, 0.717) is 0 Å². The zero-order chi connectivity index (χ0) is 16.2. The summed E-state index contributed by atoms with van der Waals surface area (Å²) < 4.78 is 0. The molecule has 0 saturated heterocycles. The second-order valence-electron chi connectivity index (χ2n) is 6.38. The van der Waals surface area contributed by atoms with Crippen molar-refractivity contribution in [3.8, 4) is 0 Å². The Morgan fingerprint density at radius 3 is 2.54 bits per heavy atom. The maximum Gasteiger partial charge on any atom is 0.225 e. The number of carbonyl (C=O) groups excluding carboxylic acids is 1. The van der Waals surface area contributed by atoms with Gasteiger partial charge in [-0.15, -0.1) is 12.4 Å². The molecular formula is C20H25ClN2O. The summed E-state index contributed by atoms with van der Waals surface area (Å²) in [7, 11) is 0. The lowest BCUT2D eigenvalue weighted by atomic mass is 9.87. The van der Waals surface area contributed by atoms with Gasteiger partial charge < -0.3 is 11.1 Å². The molecule has 1 aliphatic rings. The predicted molar refractivity (Wildman–Crippen MR) is 100 cm³/mol. The van der Waals surface area contributed by atoms with Crippen molar-refractivity contribution in [3.63, 3.8) is 0 Å². The normalized spacial score (nSPS) is 18.7. The van der Waals surface area contributed by atoms with Gasteiger partial charge in [-0.1, -0.05) is 61.5 Å². The third kappa shape index (κ3) is 3.97. The molecule has 0 spiro atoms. The Hall–Kier alpha value is -1.84. The minimum absolute atomic E-state index is 0. The Morgan fingerprint density at radius 1 is 1.12 bits per heavy atom. The van der Waals surface area contributed by atoms with Crippen molar-refractivity contribution in [2.45, 2.75) is 38.3 Å². The summed E-state index contributed by atoms with van der Waals surface area (Å²) in [6.45, 7) is 1.90. The van der Waals surface area contributed by atoms with Crippen LogP contribution in [0.4, 0.5) is 0 Å². The number of amides is 1. The van der Waals surface area contributed by atoms with Crippen molar-refractivity contribution in [3.05, 3.63) is 71.3 Å². The van der Waals surface area contributed by atoms with Crippen molar-refractivity contribution in [1.29, 1.82) is 0 Å². The van der Waals surface area contributed by atoms with E-state index >= 15 is 0 Å². The topological polar surface area (TPSA) is 55.1 Å². The molecule has 0 aliphatic heterocycles. The highest BCUT2D eigenvalue weighted by molar-refractivity contribution is 5.85. The van der Waals surface area contributed by atoms with Gasteiger partial charge in [-0.25, -0.2) is 0 Å². The van der Waals surface area contributed by atoms with E-state index in [1.165, 1.54) is 11.1 Å². The third-order valence-corrected chi connectivity index (χ3v) is 4.82. The zero-order valence-electron chi connectivity index (χ0n) is 13.9. The van der Waals surface area contributed by atoms with Gasteiger partial charge in [0.15, 0.2) is 0 Å². The summed E-state index contributed by atoms with van der Waals surface area (Å²) in [4.78, 5) is 12.6. The van der Waals surface area contributed by atoms with Crippen LogP contribution in [0, 0.1) is 5.92 Å². The SMILES string of the molecule is CC(C(=O)NC1CCCc2ccccc21)C(N)c1ccccc1.Cl. The number of aryl methyl sites for hydroxylation is 1. The van der Waals surface area contributed by atoms with Crippen LogP contribution in [0.15, 0.2) is 54.6 Å². The first-order valence-electron chi connectivity index (χ1n) is 8.35. The summed E-state index contributed by atoms with van der Waals surface area (Å²) in [5, 5.41) is 3.21. The Kier molecular flexibility index (Phi) is 6.41. The number of benzene rings is 2. The first kappa shape index (κ1) is 18.5. The number of hydrogen-bond acceptors (Lipinski definition) is 2. The second-order valence-corrected chi connectivity index (χ2v) is 6.38. The summed E-state index contributed by atoms with van der Waals surface area (Å²) in [6.07, 6.45) is 3.21. The van der Waals surface area contributed by atoms with Crippen LogP contribution in [0.25, 0.3) is 0 Å². The van der Waals surface area contributed by atoms with E-state index in [4.69, 9.17) is 5.73 Å². The highest BCUT2D eigenvalue weighted by atomic mass is 35.5. The van der Waals surface area contributed by atoms with Gasteiger partial charge in [-0.05, 0) is 36.0 Å². The summed E-state index contributed by atoms with van der Waals surface area (Å²) in [6, 6.07) is 18.0. The molecule has 128 valence electrons. The number of fused-ring (bicyclic) bond motifs is 1. The number of nitrogens with two attached hydrogens (primary N) is 1. The molecule has 3 rings (SSSR count). The first-order chi connectivity index (χ1) is 11.2. The molecule has 1 amide bonds. The molecule has 1 aliphatic carbocycles. The van der Waals surface area contributed by atoms with Crippen molar-refractivity contribution in [2.24, 2.45) is 11.7 Å². The fourth-order valence-corrected chi connectivity index (χ4v) is 3.33. The summed E-state index contributed by atoms with van der Waals surface area (Å²) in [5.74, 6) is -0.227. The Labute approximate surface area is 150 Å². The van der Waals surface area contributed by atoms with Crippen LogP contribution in [0.5, 0.6) is 0 Å². The average molecular weight is 345 g/mol. The minimum atomic E-state index is -0.282. The Morgan fingerprint density at radius 2 is 1.79 bits per heavy atom. The van der Waals surface area contributed by atoms with E-state index < -0.39 is 0 Å². The monoisotopic (exact) mass is 344 g/mol. The molecule has 2 aromatic carbocycles. The molecule has 0 fully saturated rings. The molecule has 0 heterocycles. The molecule has 3 N–H and O–H groups in total. The van der Waals surface area contributed by atoms with Gasteiger partial charge in [0, 0.05) is 6.04 Å². The van der Waals surface area contributed by atoms with Crippen LogP contribution in [-0.2, 0) is 11.2 Å². The van der Waals surface area contributed by atoms with Crippen LogP contribution in [0.2, 0.25) is 0 Å². The quantitative estimate of drug-likeness (QED) is 0.882. The molecule has 0 saturated carbocycles. The third-order valence-electron chi connectivity index (χ3n) is 4.82. The van der Waals surface area contributed by atoms with E-state index in [9.17, 15) is 4.79 Å². The maximum absolute atomic E-state index is 12.6. The Bertz CT molecular complexity index is 674. The van der Waals surface area contributed by atoms with E-state index in [-0.39, 0.29) is 36.3 Å². The molecule has 0 aromatic heterocycles. The van der Waals surface area contributed by atoms with E-state index in [1.54, 1.807) is 0 Å². The van der Waals surface area contributed by atoms with Gasteiger partial charge in [0.1, 0.15) is 0 Å². The maximum atomic E-state index is 12.6. The first-order valence-corrected chi connectivity index (χ1v) is 8.35. The molecule has 3 nitrogen and oxygen atoms in total. The molecular weight excluding hydrogens is 320 g/mol.